The molecule has 0 aliphatic carbocycles. The van der Waals surface area contributed by atoms with Crippen LogP contribution in [0, 0.1) is 5.82 Å². The first-order valence-electron chi connectivity index (χ1n) is 6.61. The Kier molecular flexibility index (Phi) is 5.56. The molecule has 0 aliphatic heterocycles. The molecule has 0 bridgehead atoms. The Bertz CT molecular complexity index is 554. The molecular weight excluding hydrogens is 321 g/mol. The minimum absolute atomic E-state index is 0.323. The number of rotatable bonds is 6. The molecule has 0 spiro atoms. The van der Waals surface area contributed by atoms with Gasteiger partial charge in [0.1, 0.15) is 17.3 Å². The van der Waals surface area contributed by atoms with Gasteiger partial charge in [0, 0.05) is 22.6 Å². The van der Waals surface area contributed by atoms with Crippen molar-refractivity contribution in [2.24, 2.45) is 0 Å². The molecule has 0 fully saturated rings. The van der Waals surface area contributed by atoms with Crippen LogP contribution in [0.2, 0.25) is 0 Å². The zero-order valence-electron chi connectivity index (χ0n) is 11.3. The van der Waals surface area contributed by atoms with Gasteiger partial charge < -0.3 is 10.1 Å². The van der Waals surface area contributed by atoms with Crippen molar-refractivity contribution in [2.75, 3.05) is 6.54 Å². The number of halogens is 2. The molecule has 2 rings (SSSR count). The molecule has 0 atom stereocenters. The van der Waals surface area contributed by atoms with Crippen molar-refractivity contribution < 1.29 is 9.13 Å². The summed E-state index contributed by atoms with van der Waals surface area (Å²) in [6.45, 7) is 3.82. The van der Waals surface area contributed by atoms with Crippen molar-refractivity contribution in [1.82, 2.24) is 5.32 Å². The van der Waals surface area contributed by atoms with E-state index in [1.165, 1.54) is 12.1 Å². The van der Waals surface area contributed by atoms with Crippen LogP contribution in [0.5, 0.6) is 11.5 Å². The van der Waals surface area contributed by atoms with Gasteiger partial charge in [0.15, 0.2) is 0 Å². The van der Waals surface area contributed by atoms with E-state index in [9.17, 15) is 4.39 Å². The van der Waals surface area contributed by atoms with Crippen molar-refractivity contribution in [3.63, 3.8) is 0 Å². The minimum atomic E-state index is -0.323. The van der Waals surface area contributed by atoms with Crippen LogP contribution in [0.4, 0.5) is 4.39 Å². The summed E-state index contributed by atoms with van der Waals surface area (Å²) in [5, 5.41) is 3.34. The number of hydrogen-bond acceptors (Lipinski definition) is 2. The number of nitrogens with one attached hydrogen (secondary N) is 1. The van der Waals surface area contributed by atoms with Crippen molar-refractivity contribution >= 4 is 15.9 Å². The van der Waals surface area contributed by atoms with E-state index in [0.717, 1.165) is 30.8 Å². The Hall–Kier alpha value is -1.39. The van der Waals surface area contributed by atoms with Gasteiger partial charge >= 0.3 is 0 Å². The highest BCUT2D eigenvalue weighted by Crippen LogP contribution is 2.28. The van der Waals surface area contributed by atoms with Crippen LogP contribution >= 0.6 is 15.9 Å². The Balaban J connectivity index is 2.15. The molecular formula is C16H17BrFNO. The molecule has 1 N–H and O–H groups in total. The molecule has 0 aromatic heterocycles. The van der Waals surface area contributed by atoms with Crippen LogP contribution in [0.1, 0.15) is 18.9 Å². The summed E-state index contributed by atoms with van der Waals surface area (Å²) >= 11 is 3.26. The largest absolute Gasteiger partial charge is 0.457 e. The van der Waals surface area contributed by atoms with Gasteiger partial charge in [-0.1, -0.05) is 41.1 Å². The van der Waals surface area contributed by atoms with Crippen molar-refractivity contribution in [3.05, 3.63) is 58.3 Å². The van der Waals surface area contributed by atoms with Gasteiger partial charge in [0.2, 0.25) is 0 Å². The molecule has 2 aromatic rings. The van der Waals surface area contributed by atoms with Crippen LogP contribution in [0.25, 0.3) is 0 Å². The average molecular weight is 338 g/mol. The third kappa shape index (κ3) is 4.32. The fourth-order valence-electron chi connectivity index (χ4n) is 1.86. The third-order valence-electron chi connectivity index (χ3n) is 2.78. The van der Waals surface area contributed by atoms with E-state index in [2.05, 4.69) is 28.2 Å². The Labute approximate surface area is 127 Å². The van der Waals surface area contributed by atoms with Crippen LogP contribution in [0.3, 0.4) is 0 Å². The van der Waals surface area contributed by atoms with E-state index in [-0.39, 0.29) is 5.82 Å². The van der Waals surface area contributed by atoms with Gasteiger partial charge in [-0.15, -0.1) is 0 Å². The van der Waals surface area contributed by atoms with E-state index in [1.807, 2.05) is 24.3 Å². The number of hydrogen-bond donors (Lipinski definition) is 1. The summed E-state index contributed by atoms with van der Waals surface area (Å²) in [7, 11) is 0. The fraction of sp³-hybridized carbons (Fsp3) is 0.250. The Morgan fingerprint density at radius 3 is 2.75 bits per heavy atom. The smallest absolute Gasteiger partial charge is 0.131 e. The maximum Gasteiger partial charge on any atom is 0.131 e. The number of para-hydroxylation sites is 1. The average Bonchev–Trinajstić information content (AvgIpc) is 2.40. The van der Waals surface area contributed by atoms with Gasteiger partial charge in [-0.3, -0.25) is 0 Å². The molecule has 0 amide bonds. The maximum atomic E-state index is 13.4. The highest BCUT2D eigenvalue weighted by molar-refractivity contribution is 9.10. The minimum Gasteiger partial charge on any atom is -0.457 e. The lowest BCUT2D eigenvalue weighted by Crippen LogP contribution is -2.14. The normalized spacial score (nSPS) is 10.6. The summed E-state index contributed by atoms with van der Waals surface area (Å²) in [6, 6.07) is 12.3. The summed E-state index contributed by atoms with van der Waals surface area (Å²) in [5.41, 5.74) is 1.06. The lowest BCUT2D eigenvalue weighted by Gasteiger charge is -2.12. The molecule has 106 valence electrons. The lowest BCUT2D eigenvalue weighted by molar-refractivity contribution is 0.467. The van der Waals surface area contributed by atoms with E-state index in [4.69, 9.17) is 4.74 Å². The summed E-state index contributed by atoms with van der Waals surface area (Å²) in [5.74, 6) is 0.907. The van der Waals surface area contributed by atoms with Gasteiger partial charge in [0.05, 0.1) is 0 Å². The van der Waals surface area contributed by atoms with Gasteiger partial charge in [-0.05, 0) is 31.2 Å². The third-order valence-corrected chi connectivity index (χ3v) is 3.24. The Morgan fingerprint density at radius 1 is 1.20 bits per heavy atom. The molecule has 2 aromatic carbocycles. The summed E-state index contributed by atoms with van der Waals surface area (Å²) in [4.78, 5) is 0. The molecule has 20 heavy (non-hydrogen) atoms. The fourth-order valence-corrected chi connectivity index (χ4v) is 2.31. The zero-order chi connectivity index (χ0) is 14.4. The highest BCUT2D eigenvalue weighted by Gasteiger charge is 2.06. The van der Waals surface area contributed by atoms with E-state index >= 15 is 0 Å². The molecule has 4 heteroatoms. The molecule has 0 saturated heterocycles. The predicted octanol–water partition coefficient (Wildman–Crippen LogP) is 4.88. The van der Waals surface area contributed by atoms with E-state index < -0.39 is 0 Å². The van der Waals surface area contributed by atoms with Gasteiger partial charge in [0.25, 0.3) is 0 Å². The first-order chi connectivity index (χ1) is 9.69. The topological polar surface area (TPSA) is 21.3 Å². The molecule has 0 aliphatic rings. The maximum absolute atomic E-state index is 13.4. The molecule has 0 saturated carbocycles. The van der Waals surface area contributed by atoms with E-state index in [0.29, 0.717) is 10.2 Å². The first-order valence-corrected chi connectivity index (χ1v) is 7.41. The lowest BCUT2D eigenvalue weighted by atomic mass is 10.2. The summed E-state index contributed by atoms with van der Waals surface area (Å²) in [6.07, 6.45) is 1.08. The second-order valence-corrected chi connectivity index (χ2v) is 5.41. The highest BCUT2D eigenvalue weighted by atomic mass is 79.9. The van der Waals surface area contributed by atoms with Crippen LogP contribution in [-0.4, -0.2) is 6.54 Å². The van der Waals surface area contributed by atoms with Crippen molar-refractivity contribution in [1.29, 1.82) is 0 Å². The second kappa shape index (κ2) is 7.41. The van der Waals surface area contributed by atoms with Crippen LogP contribution < -0.4 is 10.1 Å². The number of benzene rings is 2. The monoisotopic (exact) mass is 337 g/mol. The SMILES string of the molecule is CCCNCc1ccccc1Oc1cc(F)cc(Br)c1. The standard InChI is InChI=1S/C16H17BrFNO/c1-2-7-19-11-12-5-3-4-6-16(12)20-15-9-13(17)8-14(18)10-15/h3-6,8-10,19H,2,7,11H2,1H3. The number of ether oxygens (including phenoxy) is 1. The zero-order valence-corrected chi connectivity index (χ0v) is 12.9. The van der Waals surface area contributed by atoms with Crippen molar-refractivity contribution in [2.45, 2.75) is 19.9 Å². The van der Waals surface area contributed by atoms with Crippen LogP contribution in [-0.2, 0) is 6.54 Å². The second-order valence-electron chi connectivity index (χ2n) is 4.49. The van der Waals surface area contributed by atoms with E-state index in [1.54, 1.807) is 6.07 Å². The van der Waals surface area contributed by atoms with Gasteiger partial charge in [-0.25, -0.2) is 4.39 Å². The molecule has 2 nitrogen and oxygen atoms in total. The quantitative estimate of drug-likeness (QED) is 0.758. The van der Waals surface area contributed by atoms with Crippen molar-refractivity contribution in [3.8, 4) is 11.5 Å². The predicted molar refractivity (Wildman–Crippen MR) is 82.6 cm³/mol. The van der Waals surface area contributed by atoms with Crippen LogP contribution in [0.15, 0.2) is 46.9 Å². The molecule has 0 unspecified atom stereocenters. The van der Waals surface area contributed by atoms with Gasteiger partial charge in [-0.2, -0.15) is 0 Å². The first kappa shape index (κ1) is 15.0. The summed E-state index contributed by atoms with van der Waals surface area (Å²) < 4.78 is 19.8. The Morgan fingerprint density at radius 2 is 2.00 bits per heavy atom. The molecule has 0 radical (unpaired) electrons. The molecule has 0 heterocycles.